The minimum absolute atomic E-state index is 0.0881. The van der Waals surface area contributed by atoms with E-state index in [0.29, 0.717) is 0 Å². The van der Waals surface area contributed by atoms with E-state index in [-0.39, 0.29) is 18.0 Å². The molecule has 0 bridgehead atoms. The van der Waals surface area contributed by atoms with E-state index in [0.717, 1.165) is 45.3 Å². The van der Waals surface area contributed by atoms with Gasteiger partial charge in [0.25, 0.3) is 0 Å². The van der Waals surface area contributed by atoms with Crippen LogP contribution in [0.5, 0.6) is 0 Å². The maximum absolute atomic E-state index is 12.7. The first-order valence-electron chi connectivity index (χ1n) is 9.30. The lowest BCUT2D eigenvalue weighted by molar-refractivity contribution is -0.125. The monoisotopic (exact) mass is 340 g/mol. The highest BCUT2D eigenvalue weighted by Gasteiger charge is 2.25. The first-order chi connectivity index (χ1) is 12.3. The van der Waals surface area contributed by atoms with Gasteiger partial charge in [-0.05, 0) is 49.1 Å². The van der Waals surface area contributed by atoms with Gasteiger partial charge in [0.2, 0.25) is 5.91 Å². The molecule has 2 aromatic heterocycles. The second-order valence-corrected chi connectivity index (χ2v) is 6.85. The zero-order valence-electron chi connectivity index (χ0n) is 15.0. The van der Waals surface area contributed by atoms with Crippen molar-refractivity contribution in [3.8, 4) is 0 Å². The third-order valence-corrected chi connectivity index (χ3v) is 4.94. The SMILES string of the molecule is CCC[C@@H](C(=O)NC1CCN(Cc2ccncc2)CC1)n1cccc1. The molecule has 5 nitrogen and oxygen atoms in total. The molecular weight excluding hydrogens is 312 g/mol. The molecule has 1 amide bonds. The number of nitrogens with one attached hydrogen (secondary N) is 1. The summed E-state index contributed by atoms with van der Waals surface area (Å²) in [6.07, 6.45) is 11.6. The second-order valence-electron chi connectivity index (χ2n) is 6.85. The first-order valence-corrected chi connectivity index (χ1v) is 9.30. The van der Waals surface area contributed by atoms with Crippen molar-refractivity contribution in [2.75, 3.05) is 13.1 Å². The van der Waals surface area contributed by atoms with Crippen LogP contribution < -0.4 is 5.32 Å². The van der Waals surface area contributed by atoms with Gasteiger partial charge in [0.15, 0.2) is 0 Å². The topological polar surface area (TPSA) is 50.2 Å². The van der Waals surface area contributed by atoms with Gasteiger partial charge < -0.3 is 9.88 Å². The molecule has 3 heterocycles. The summed E-state index contributed by atoms with van der Waals surface area (Å²) in [5.41, 5.74) is 1.30. The van der Waals surface area contributed by atoms with Crippen LogP contribution in [0.2, 0.25) is 0 Å². The molecule has 0 radical (unpaired) electrons. The van der Waals surface area contributed by atoms with Crippen molar-refractivity contribution >= 4 is 5.91 Å². The largest absolute Gasteiger partial charge is 0.351 e. The first kappa shape index (κ1) is 17.7. The van der Waals surface area contributed by atoms with E-state index in [4.69, 9.17) is 0 Å². The Kier molecular flexibility index (Phi) is 6.23. The molecule has 0 aromatic carbocycles. The number of pyridine rings is 1. The highest BCUT2D eigenvalue weighted by molar-refractivity contribution is 5.80. The summed E-state index contributed by atoms with van der Waals surface area (Å²) >= 11 is 0. The minimum atomic E-state index is -0.0881. The Morgan fingerprint density at radius 1 is 1.24 bits per heavy atom. The minimum Gasteiger partial charge on any atom is -0.351 e. The quantitative estimate of drug-likeness (QED) is 0.843. The molecule has 0 unspecified atom stereocenters. The van der Waals surface area contributed by atoms with E-state index in [2.05, 4.69) is 34.3 Å². The maximum Gasteiger partial charge on any atom is 0.243 e. The van der Waals surface area contributed by atoms with Gasteiger partial charge in [0, 0.05) is 50.5 Å². The van der Waals surface area contributed by atoms with Crippen LogP contribution in [0.25, 0.3) is 0 Å². The molecule has 5 heteroatoms. The molecule has 1 atom stereocenters. The molecule has 0 saturated carbocycles. The van der Waals surface area contributed by atoms with Crippen LogP contribution in [-0.2, 0) is 11.3 Å². The lowest BCUT2D eigenvalue weighted by Crippen LogP contribution is -2.46. The molecule has 25 heavy (non-hydrogen) atoms. The number of hydrogen-bond acceptors (Lipinski definition) is 3. The van der Waals surface area contributed by atoms with Crippen LogP contribution in [0, 0.1) is 0 Å². The predicted octanol–water partition coefficient (Wildman–Crippen LogP) is 3.01. The fraction of sp³-hybridized carbons (Fsp3) is 0.500. The highest BCUT2D eigenvalue weighted by Crippen LogP contribution is 2.18. The summed E-state index contributed by atoms with van der Waals surface area (Å²) in [6, 6.07) is 8.30. The molecule has 1 saturated heterocycles. The van der Waals surface area contributed by atoms with Crippen molar-refractivity contribution in [1.29, 1.82) is 0 Å². The smallest absolute Gasteiger partial charge is 0.243 e. The maximum atomic E-state index is 12.7. The third-order valence-electron chi connectivity index (χ3n) is 4.94. The Balaban J connectivity index is 1.48. The molecule has 1 aliphatic heterocycles. The molecule has 2 aromatic rings. The van der Waals surface area contributed by atoms with Gasteiger partial charge >= 0.3 is 0 Å². The van der Waals surface area contributed by atoms with Crippen LogP contribution in [0.1, 0.15) is 44.2 Å². The number of piperidine rings is 1. The van der Waals surface area contributed by atoms with Crippen molar-refractivity contribution in [2.45, 2.75) is 51.2 Å². The normalized spacial score (nSPS) is 17.3. The van der Waals surface area contributed by atoms with E-state index in [1.807, 2.05) is 41.5 Å². The standard InChI is InChI=1S/C20H28N4O/c1-2-5-19(24-12-3-4-13-24)20(25)22-18-8-14-23(15-9-18)16-17-6-10-21-11-7-17/h3-4,6-7,10-13,18-19H,2,5,8-9,14-16H2,1H3,(H,22,25)/t19-/m0/s1. The highest BCUT2D eigenvalue weighted by atomic mass is 16.2. The van der Waals surface area contributed by atoms with Gasteiger partial charge in [-0.2, -0.15) is 0 Å². The molecule has 0 aliphatic carbocycles. The average molecular weight is 340 g/mol. The van der Waals surface area contributed by atoms with E-state index in [1.54, 1.807) is 0 Å². The van der Waals surface area contributed by atoms with E-state index >= 15 is 0 Å². The van der Waals surface area contributed by atoms with Crippen LogP contribution in [0.4, 0.5) is 0 Å². The molecule has 0 spiro atoms. The summed E-state index contributed by atoms with van der Waals surface area (Å²) in [5, 5.41) is 3.28. The van der Waals surface area contributed by atoms with Gasteiger partial charge in [0.05, 0.1) is 0 Å². The second kappa shape index (κ2) is 8.81. The number of nitrogens with zero attached hydrogens (tertiary/aromatic N) is 3. The van der Waals surface area contributed by atoms with E-state index in [1.165, 1.54) is 5.56 Å². The Morgan fingerprint density at radius 2 is 1.92 bits per heavy atom. The Bertz CT molecular complexity index is 633. The Hall–Kier alpha value is -2.14. The lowest BCUT2D eigenvalue weighted by Gasteiger charge is -2.33. The Labute approximate surface area is 150 Å². The number of hydrogen-bond donors (Lipinski definition) is 1. The van der Waals surface area contributed by atoms with Crippen molar-refractivity contribution in [3.63, 3.8) is 0 Å². The molecule has 1 N–H and O–H groups in total. The van der Waals surface area contributed by atoms with E-state index in [9.17, 15) is 4.79 Å². The van der Waals surface area contributed by atoms with Crippen LogP contribution in [0.15, 0.2) is 49.1 Å². The van der Waals surface area contributed by atoms with Gasteiger partial charge in [0.1, 0.15) is 6.04 Å². The average Bonchev–Trinajstić information content (AvgIpc) is 3.16. The summed E-state index contributed by atoms with van der Waals surface area (Å²) in [6.45, 7) is 5.14. The molecular formula is C20H28N4O. The Morgan fingerprint density at radius 3 is 2.56 bits per heavy atom. The number of carbonyl (C=O) groups excluding carboxylic acids is 1. The summed E-state index contributed by atoms with van der Waals surface area (Å²) in [5.74, 6) is 0.158. The number of carbonyl (C=O) groups is 1. The number of likely N-dealkylation sites (tertiary alicyclic amines) is 1. The summed E-state index contributed by atoms with van der Waals surface area (Å²) in [4.78, 5) is 19.2. The van der Waals surface area contributed by atoms with Crippen LogP contribution >= 0.6 is 0 Å². The predicted molar refractivity (Wildman–Crippen MR) is 99.1 cm³/mol. The molecule has 1 aliphatic rings. The number of aromatic nitrogens is 2. The van der Waals surface area contributed by atoms with Crippen LogP contribution in [-0.4, -0.2) is 39.5 Å². The number of rotatable bonds is 7. The summed E-state index contributed by atoms with van der Waals surface area (Å²) < 4.78 is 2.03. The van der Waals surface area contributed by atoms with Crippen molar-refractivity contribution in [2.24, 2.45) is 0 Å². The zero-order valence-corrected chi connectivity index (χ0v) is 15.0. The third kappa shape index (κ3) is 4.92. The fourth-order valence-corrected chi connectivity index (χ4v) is 3.52. The van der Waals surface area contributed by atoms with Gasteiger partial charge in [-0.15, -0.1) is 0 Å². The number of amides is 1. The van der Waals surface area contributed by atoms with Gasteiger partial charge in [-0.3, -0.25) is 14.7 Å². The van der Waals surface area contributed by atoms with Crippen molar-refractivity contribution in [1.82, 2.24) is 19.8 Å². The lowest BCUT2D eigenvalue weighted by atomic mass is 10.0. The molecule has 1 fully saturated rings. The molecule has 134 valence electrons. The van der Waals surface area contributed by atoms with Gasteiger partial charge in [-0.1, -0.05) is 13.3 Å². The molecule has 3 rings (SSSR count). The van der Waals surface area contributed by atoms with E-state index < -0.39 is 0 Å². The fourth-order valence-electron chi connectivity index (χ4n) is 3.52. The summed E-state index contributed by atoms with van der Waals surface area (Å²) in [7, 11) is 0. The van der Waals surface area contributed by atoms with Crippen molar-refractivity contribution in [3.05, 3.63) is 54.6 Å². The zero-order chi connectivity index (χ0) is 17.5. The van der Waals surface area contributed by atoms with Crippen LogP contribution in [0.3, 0.4) is 0 Å². The van der Waals surface area contributed by atoms with Crippen molar-refractivity contribution < 1.29 is 4.79 Å². The van der Waals surface area contributed by atoms with Gasteiger partial charge in [-0.25, -0.2) is 0 Å².